The molecule has 0 fully saturated rings. The van der Waals surface area contributed by atoms with Crippen LogP contribution in [-0.4, -0.2) is 15.5 Å². The summed E-state index contributed by atoms with van der Waals surface area (Å²) in [6.07, 6.45) is 0. The molecule has 0 aliphatic rings. The summed E-state index contributed by atoms with van der Waals surface area (Å²) in [5.41, 5.74) is 0.420. The Balaban J connectivity index is 2.36. The van der Waals surface area contributed by atoms with E-state index in [-0.39, 0.29) is 0 Å². The van der Waals surface area contributed by atoms with E-state index < -0.39 is 10.0 Å². The normalized spacial score (nSPS) is 11.6. The smallest absolute Gasteiger partial charge is 0.263 e. The fourth-order valence-corrected chi connectivity index (χ4v) is 5.20. The van der Waals surface area contributed by atoms with Crippen LogP contribution in [0.3, 0.4) is 0 Å². The molecule has 0 saturated heterocycles. The third kappa shape index (κ3) is 3.98. The first-order valence-corrected chi connectivity index (χ1v) is 9.52. The van der Waals surface area contributed by atoms with Crippen LogP contribution in [0.1, 0.15) is 9.75 Å². The molecule has 4 nitrogen and oxygen atoms in total. The quantitative estimate of drug-likeness (QED) is 0.785. The topological polar surface area (TPSA) is 58.2 Å². The van der Waals surface area contributed by atoms with Gasteiger partial charge in [0.05, 0.1) is 5.69 Å². The van der Waals surface area contributed by atoms with Crippen LogP contribution in [0.2, 0.25) is 5.02 Å². The lowest BCUT2D eigenvalue weighted by molar-refractivity contribution is 0.601. The number of hydrogen-bond acceptors (Lipinski definition) is 4. The van der Waals surface area contributed by atoms with Gasteiger partial charge in [-0.05, 0) is 54.2 Å². The third-order valence-electron chi connectivity index (χ3n) is 2.74. The van der Waals surface area contributed by atoms with Gasteiger partial charge in [-0.1, -0.05) is 11.6 Å². The summed E-state index contributed by atoms with van der Waals surface area (Å²) in [7, 11) is -1.81. The summed E-state index contributed by atoms with van der Waals surface area (Å²) < 4.78 is 28.2. The number of anilines is 1. The minimum absolute atomic E-state index is 0.296. The Morgan fingerprint density at radius 1 is 1.33 bits per heavy atom. The molecule has 0 saturated carbocycles. The minimum Gasteiger partial charge on any atom is -0.315 e. The highest BCUT2D eigenvalue weighted by Crippen LogP contribution is 2.31. The largest absolute Gasteiger partial charge is 0.315 e. The first-order chi connectivity index (χ1) is 9.83. The molecule has 0 spiro atoms. The fraction of sp³-hybridized carbons (Fsp3) is 0.231. The zero-order valence-electron chi connectivity index (χ0n) is 11.4. The Morgan fingerprint density at radius 2 is 2.05 bits per heavy atom. The standard InChI is InChI=1S/C13H14BrClN2O2S2/c1-8-13(6-10(20-8)7-16-2)21(18,19)17-12-5-9(15)3-4-11(12)14/h3-6,16-17H,7H2,1-2H3. The number of thiophene rings is 1. The summed E-state index contributed by atoms with van der Waals surface area (Å²) in [6.45, 7) is 2.44. The molecule has 0 radical (unpaired) electrons. The van der Waals surface area contributed by atoms with Gasteiger partial charge in [-0.2, -0.15) is 0 Å². The zero-order chi connectivity index (χ0) is 15.6. The van der Waals surface area contributed by atoms with Gasteiger partial charge in [0.2, 0.25) is 0 Å². The molecule has 0 bridgehead atoms. The Bertz CT molecular complexity index is 760. The molecule has 21 heavy (non-hydrogen) atoms. The van der Waals surface area contributed by atoms with Gasteiger partial charge in [-0.3, -0.25) is 4.72 Å². The summed E-state index contributed by atoms with van der Waals surface area (Å²) in [6, 6.07) is 6.65. The minimum atomic E-state index is -3.64. The van der Waals surface area contributed by atoms with E-state index in [1.807, 2.05) is 7.05 Å². The van der Waals surface area contributed by atoms with Gasteiger partial charge in [-0.25, -0.2) is 8.42 Å². The lowest BCUT2D eigenvalue weighted by atomic mass is 10.3. The SMILES string of the molecule is CNCc1cc(S(=O)(=O)Nc2cc(Cl)ccc2Br)c(C)s1. The highest BCUT2D eigenvalue weighted by Gasteiger charge is 2.21. The van der Waals surface area contributed by atoms with Crippen molar-refractivity contribution in [3.63, 3.8) is 0 Å². The van der Waals surface area contributed by atoms with Crippen molar-refractivity contribution in [2.45, 2.75) is 18.4 Å². The van der Waals surface area contributed by atoms with Crippen LogP contribution in [-0.2, 0) is 16.6 Å². The third-order valence-corrected chi connectivity index (χ3v) is 6.33. The number of sulfonamides is 1. The lowest BCUT2D eigenvalue weighted by Crippen LogP contribution is -2.13. The van der Waals surface area contributed by atoms with Gasteiger partial charge in [0.15, 0.2) is 0 Å². The highest BCUT2D eigenvalue weighted by atomic mass is 79.9. The van der Waals surface area contributed by atoms with Crippen molar-refractivity contribution in [3.05, 3.63) is 43.5 Å². The maximum Gasteiger partial charge on any atom is 0.263 e. The zero-order valence-corrected chi connectivity index (χ0v) is 15.4. The van der Waals surface area contributed by atoms with E-state index in [1.165, 1.54) is 11.3 Å². The van der Waals surface area contributed by atoms with E-state index in [2.05, 4.69) is 26.0 Å². The average Bonchev–Trinajstić information content (AvgIpc) is 2.76. The van der Waals surface area contributed by atoms with Crippen molar-refractivity contribution in [3.8, 4) is 0 Å². The summed E-state index contributed by atoms with van der Waals surface area (Å²) in [5, 5.41) is 3.48. The molecule has 1 aromatic heterocycles. The van der Waals surface area contributed by atoms with Crippen LogP contribution >= 0.6 is 38.9 Å². The maximum absolute atomic E-state index is 12.5. The predicted molar refractivity (Wildman–Crippen MR) is 91.8 cm³/mol. The Hall–Kier alpha value is -0.600. The molecule has 0 amide bonds. The number of aryl methyl sites for hydroxylation is 1. The number of nitrogens with one attached hydrogen (secondary N) is 2. The monoisotopic (exact) mass is 408 g/mol. The highest BCUT2D eigenvalue weighted by molar-refractivity contribution is 9.10. The van der Waals surface area contributed by atoms with E-state index in [4.69, 9.17) is 11.6 Å². The molecule has 8 heteroatoms. The summed E-state index contributed by atoms with van der Waals surface area (Å²) in [4.78, 5) is 2.02. The first-order valence-electron chi connectivity index (χ1n) is 6.05. The molecular formula is C13H14BrClN2O2S2. The molecule has 0 aliphatic carbocycles. The number of rotatable bonds is 5. The van der Waals surface area contributed by atoms with Crippen LogP contribution in [0, 0.1) is 6.92 Å². The van der Waals surface area contributed by atoms with Crippen molar-refractivity contribution in [2.75, 3.05) is 11.8 Å². The van der Waals surface area contributed by atoms with E-state index in [1.54, 1.807) is 31.2 Å². The van der Waals surface area contributed by atoms with Crippen LogP contribution in [0.25, 0.3) is 0 Å². The van der Waals surface area contributed by atoms with Crippen molar-refractivity contribution >= 4 is 54.6 Å². The molecule has 114 valence electrons. The Morgan fingerprint density at radius 3 is 2.71 bits per heavy atom. The van der Waals surface area contributed by atoms with E-state index in [0.29, 0.717) is 26.6 Å². The number of hydrogen-bond donors (Lipinski definition) is 2. The molecule has 0 unspecified atom stereocenters. The molecule has 2 aromatic rings. The van der Waals surface area contributed by atoms with Crippen LogP contribution in [0.5, 0.6) is 0 Å². The Labute approximate surface area is 141 Å². The molecule has 1 aromatic carbocycles. The van der Waals surface area contributed by atoms with Gasteiger partial charge in [0, 0.05) is 25.8 Å². The van der Waals surface area contributed by atoms with Gasteiger partial charge >= 0.3 is 0 Å². The van der Waals surface area contributed by atoms with Gasteiger partial charge in [0.25, 0.3) is 10.0 Å². The van der Waals surface area contributed by atoms with E-state index >= 15 is 0 Å². The molecule has 2 rings (SSSR count). The lowest BCUT2D eigenvalue weighted by Gasteiger charge is -2.09. The molecule has 0 aliphatic heterocycles. The van der Waals surface area contributed by atoms with Gasteiger partial charge < -0.3 is 5.32 Å². The second-order valence-corrected chi connectivity index (χ2v) is 8.68. The second kappa shape index (κ2) is 6.66. The average molecular weight is 410 g/mol. The molecule has 2 N–H and O–H groups in total. The molecule has 1 heterocycles. The number of halogens is 2. The summed E-state index contributed by atoms with van der Waals surface area (Å²) in [5.74, 6) is 0. The molecular weight excluding hydrogens is 396 g/mol. The van der Waals surface area contributed by atoms with Gasteiger partial charge in [0.1, 0.15) is 4.90 Å². The second-order valence-electron chi connectivity index (χ2n) is 4.39. The van der Waals surface area contributed by atoms with Crippen molar-refractivity contribution in [1.82, 2.24) is 5.32 Å². The van der Waals surface area contributed by atoms with E-state index in [0.717, 1.165) is 9.75 Å². The van der Waals surface area contributed by atoms with Gasteiger partial charge in [-0.15, -0.1) is 11.3 Å². The predicted octanol–water partition coefficient (Wildman–Crippen LogP) is 3.99. The van der Waals surface area contributed by atoms with Crippen LogP contribution < -0.4 is 10.0 Å². The fourth-order valence-electron chi connectivity index (χ4n) is 1.83. The van der Waals surface area contributed by atoms with Crippen molar-refractivity contribution < 1.29 is 8.42 Å². The van der Waals surface area contributed by atoms with Crippen molar-refractivity contribution in [1.29, 1.82) is 0 Å². The van der Waals surface area contributed by atoms with Crippen LogP contribution in [0.15, 0.2) is 33.6 Å². The summed E-state index contributed by atoms with van der Waals surface area (Å²) >= 11 is 10.7. The maximum atomic E-state index is 12.5. The van der Waals surface area contributed by atoms with E-state index in [9.17, 15) is 8.42 Å². The Kier molecular flexibility index (Phi) is 5.32. The van der Waals surface area contributed by atoms with Crippen LogP contribution in [0.4, 0.5) is 5.69 Å². The number of benzene rings is 1. The first kappa shape index (κ1) is 16.8. The van der Waals surface area contributed by atoms with Crippen molar-refractivity contribution in [2.24, 2.45) is 0 Å². The molecule has 0 atom stereocenters.